The monoisotopic (exact) mass is 273 g/mol. The van der Waals surface area contributed by atoms with Crippen LogP contribution in [0.25, 0.3) is 0 Å². The lowest BCUT2D eigenvalue weighted by atomic mass is 10.1. The number of hydrogen-bond acceptors (Lipinski definition) is 4. The molecule has 1 atom stereocenters. The number of urea groups is 1. The van der Waals surface area contributed by atoms with Crippen LogP contribution in [0.5, 0.6) is 0 Å². The van der Waals surface area contributed by atoms with Crippen molar-refractivity contribution in [2.75, 3.05) is 26.8 Å². The van der Waals surface area contributed by atoms with Gasteiger partial charge in [0, 0.05) is 13.6 Å². The molecule has 8 nitrogen and oxygen atoms in total. The second-order valence-corrected chi connectivity index (χ2v) is 4.76. The van der Waals surface area contributed by atoms with Crippen molar-refractivity contribution in [3.05, 3.63) is 0 Å². The first-order valence-electron chi connectivity index (χ1n) is 5.91. The molecule has 1 rings (SSSR count). The highest BCUT2D eigenvalue weighted by Crippen LogP contribution is 2.10. The number of carboxylic acids is 1. The third-order valence-electron chi connectivity index (χ3n) is 2.89. The van der Waals surface area contributed by atoms with Crippen LogP contribution in [0, 0.1) is 0 Å². The van der Waals surface area contributed by atoms with Gasteiger partial charge in [0.15, 0.2) is 0 Å². The van der Waals surface area contributed by atoms with Gasteiger partial charge in [-0.1, -0.05) is 0 Å². The molecule has 0 aliphatic carbocycles. The van der Waals surface area contributed by atoms with Crippen LogP contribution in [0.1, 0.15) is 13.8 Å². The Morgan fingerprint density at radius 2 is 2.00 bits per heavy atom. The van der Waals surface area contributed by atoms with E-state index >= 15 is 0 Å². The molecule has 0 spiro atoms. The van der Waals surface area contributed by atoms with Gasteiger partial charge in [-0.15, -0.1) is 0 Å². The van der Waals surface area contributed by atoms with Gasteiger partial charge in [0.2, 0.25) is 5.91 Å². The number of rotatable bonds is 3. The smallest absolute Gasteiger partial charge is 0.328 e. The molecule has 8 heteroatoms. The van der Waals surface area contributed by atoms with Crippen molar-refractivity contribution in [2.45, 2.75) is 25.4 Å². The second kappa shape index (κ2) is 5.87. The van der Waals surface area contributed by atoms with Gasteiger partial charge in [0.05, 0.1) is 13.2 Å². The minimum Gasteiger partial charge on any atom is -0.480 e. The Labute approximate surface area is 111 Å². The van der Waals surface area contributed by atoms with Crippen molar-refractivity contribution < 1.29 is 24.2 Å². The average Bonchev–Trinajstić information content (AvgIpc) is 2.37. The van der Waals surface area contributed by atoms with Gasteiger partial charge in [0.1, 0.15) is 11.6 Å². The number of likely N-dealkylation sites (N-methyl/N-ethyl adjacent to an activating group) is 1. The fourth-order valence-electron chi connectivity index (χ4n) is 1.62. The third-order valence-corrected chi connectivity index (χ3v) is 2.89. The summed E-state index contributed by atoms with van der Waals surface area (Å²) in [4.78, 5) is 36.0. The van der Waals surface area contributed by atoms with E-state index in [2.05, 4.69) is 10.6 Å². The topological polar surface area (TPSA) is 108 Å². The first kappa shape index (κ1) is 15.2. The molecule has 0 aromatic rings. The van der Waals surface area contributed by atoms with E-state index in [-0.39, 0.29) is 19.1 Å². The van der Waals surface area contributed by atoms with Gasteiger partial charge in [0.25, 0.3) is 0 Å². The molecule has 1 aliphatic rings. The summed E-state index contributed by atoms with van der Waals surface area (Å²) in [5, 5.41) is 13.8. The molecule has 0 aromatic carbocycles. The Balaban J connectivity index is 2.78. The van der Waals surface area contributed by atoms with Crippen molar-refractivity contribution in [1.82, 2.24) is 15.5 Å². The van der Waals surface area contributed by atoms with E-state index in [1.807, 2.05) is 0 Å². The molecule has 0 bridgehead atoms. The third kappa shape index (κ3) is 3.57. The van der Waals surface area contributed by atoms with Crippen molar-refractivity contribution >= 4 is 17.9 Å². The fourth-order valence-corrected chi connectivity index (χ4v) is 1.62. The Morgan fingerprint density at radius 3 is 2.53 bits per heavy atom. The zero-order valence-electron chi connectivity index (χ0n) is 11.2. The highest BCUT2D eigenvalue weighted by Gasteiger charge is 2.36. The van der Waals surface area contributed by atoms with Crippen LogP contribution in [0.4, 0.5) is 4.79 Å². The summed E-state index contributed by atoms with van der Waals surface area (Å²) in [6, 6.07) is -1.34. The minimum absolute atomic E-state index is 0.0978. The van der Waals surface area contributed by atoms with Crippen molar-refractivity contribution in [1.29, 1.82) is 0 Å². The number of morpholine rings is 1. The van der Waals surface area contributed by atoms with E-state index in [1.165, 1.54) is 25.8 Å². The van der Waals surface area contributed by atoms with Gasteiger partial charge in [-0.3, -0.25) is 4.79 Å². The quantitative estimate of drug-likeness (QED) is 0.611. The summed E-state index contributed by atoms with van der Waals surface area (Å²) in [7, 11) is 1.47. The van der Waals surface area contributed by atoms with Crippen LogP contribution in [-0.4, -0.2) is 66.3 Å². The first-order chi connectivity index (χ1) is 8.79. The lowest BCUT2D eigenvalue weighted by Crippen LogP contribution is -2.61. The lowest BCUT2D eigenvalue weighted by Gasteiger charge is -2.36. The standard InChI is InChI=1S/C11H19N3O5/c1-11(2,9(16)17)13-10(18)14-4-5-19-6-7(14)8(15)12-3/h7H,4-6H2,1-3H3,(H,12,15)(H,13,18)(H,16,17). The number of nitrogens with one attached hydrogen (secondary N) is 2. The van der Waals surface area contributed by atoms with E-state index in [9.17, 15) is 14.4 Å². The molecule has 1 unspecified atom stereocenters. The van der Waals surface area contributed by atoms with Crippen LogP contribution in [0.3, 0.4) is 0 Å². The summed E-state index contributed by atoms with van der Waals surface area (Å²) in [5.41, 5.74) is -1.40. The van der Waals surface area contributed by atoms with E-state index in [0.717, 1.165) is 0 Å². The second-order valence-electron chi connectivity index (χ2n) is 4.76. The maximum Gasteiger partial charge on any atom is 0.328 e. The maximum absolute atomic E-state index is 12.1. The first-order valence-corrected chi connectivity index (χ1v) is 5.91. The average molecular weight is 273 g/mol. The van der Waals surface area contributed by atoms with Gasteiger partial charge < -0.3 is 25.4 Å². The van der Waals surface area contributed by atoms with Gasteiger partial charge >= 0.3 is 12.0 Å². The summed E-state index contributed by atoms with van der Waals surface area (Å²) in [6.45, 7) is 3.40. The van der Waals surface area contributed by atoms with Gasteiger partial charge in [-0.25, -0.2) is 9.59 Å². The Bertz CT molecular complexity index is 383. The Kier molecular flexibility index (Phi) is 4.71. The number of amides is 3. The number of carbonyl (C=O) groups is 3. The number of nitrogens with zero attached hydrogens (tertiary/aromatic N) is 1. The van der Waals surface area contributed by atoms with Gasteiger partial charge in [-0.05, 0) is 13.8 Å². The SMILES string of the molecule is CNC(=O)C1COCCN1C(=O)NC(C)(C)C(=O)O. The Hall–Kier alpha value is -1.83. The van der Waals surface area contributed by atoms with Crippen molar-refractivity contribution in [2.24, 2.45) is 0 Å². The van der Waals surface area contributed by atoms with Gasteiger partial charge in [-0.2, -0.15) is 0 Å². The molecule has 19 heavy (non-hydrogen) atoms. The highest BCUT2D eigenvalue weighted by molar-refractivity contribution is 5.90. The van der Waals surface area contributed by atoms with Crippen LogP contribution >= 0.6 is 0 Å². The molecule has 3 amide bonds. The number of hydrogen-bond donors (Lipinski definition) is 3. The lowest BCUT2D eigenvalue weighted by molar-refractivity contribution is -0.143. The van der Waals surface area contributed by atoms with E-state index in [0.29, 0.717) is 6.61 Å². The van der Waals surface area contributed by atoms with E-state index in [4.69, 9.17) is 9.84 Å². The van der Waals surface area contributed by atoms with E-state index in [1.54, 1.807) is 0 Å². The summed E-state index contributed by atoms with van der Waals surface area (Å²) in [5.74, 6) is -1.49. The molecule has 1 fully saturated rings. The number of aliphatic carboxylic acids is 1. The van der Waals surface area contributed by atoms with Crippen LogP contribution in [0.15, 0.2) is 0 Å². The van der Waals surface area contributed by atoms with Crippen LogP contribution in [-0.2, 0) is 14.3 Å². The van der Waals surface area contributed by atoms with Crippen LogP contribution < -0.4 is 10.6 Å². The number of carboxylic acid groups (broad SMARTS) is 1. The molecule has 3 N–H and O–H groups in total. The predicted molar refractivity (Wildman–Crippen MR) is 65.6 cm³/mol. The molecule has 0 aromatic heterocycles. The Morgan fingerprint density at radius 1 is 1.37 bits per heavy atom. The zero-order chi connectivity index (χ0) is 14.6. The molecule has 1 heterocycles. The fraction of sp³-hybridized carbons (Fsp3) is 0.727. The molecule has 0 saturated carbocycles. The number of ether oxygens (including phenoxy) is 1. The van der Waals surface area contributed by atoms with Crippen LogP contribution in [0.2, 0.25) is 0 Å². The largest absolute Gasteiger partial charge is 0.480 e. The molecule has 1 aliphatic heterocycles. The molecule has 0 radical (unpaired) electrons. The zero-order valence-corrected chi connectivity index (χ0v) is 11.2. The predicted octanol–water partition coefficient (Wildman–Crippen LogP) is -0.994. The highest BCUT2D eigenvalue weighted by atomic mass is 16.5. The molecular weight excluding hydrogens is 254 g/mol. The van der Waals surface area contributed by atoms with Crippen molar-refractivity contribution in [3.8, 4) is 0 Å². The molecular formula is C11H19N3O5. The van der Waals surface area contributed by atoms with E-state index < -0.39 is 23.6 Å². The summed E-state index contributed by atoms with van der Waals surface area (Å²) >= 11 is 0. The summed E-state index contributed by atoms with van der Waals surface area (Å²) in [6.07, 6.45) is 0. The minimum atomic E-state index is -1.40. The molecule has 108 valence electrons. The maximum atomic E-state index is 12.1. The summed E-state index contributed by atoms with van der Waals surface area (Å²) < 4.78 is 5.16. The van der Waals surface area contributed by atoms with Crippen molar-refractivity contribution in [3.63, 3.8) is 0 Å². The number of carbonyl (C=O) groups excluding carboxylic acids is 2. The normalized spacial score (nSPS) is 19.7. The molecule has 1 saturated heterocycles.